The van der Waals surface area contributed by atoms with Crippen LogP contribution in [0.25, 0.3) is 0 Å². The molecule has 6 heteroatoms. The largest absolute Gasteiger partial charge is 0.346 e. The van der Waals surface area contributed by atoms with Crippen LogP contribution in [0.15, 0.2) is 17.2 Å². The van der Waals surface area contributed by atoms with E-state index in [0.29, 0.717) is 11.4 Å². The van der Waals surface area contributed by atoms with Gasteiger partial charge in [-0.2, -0.15) is 4.31 Å². The molecule has 0 aliphatic rings. The van der Waals surface area contributed by atoms with Crippen molar-refractivity contribution in [2.24, 2.45) is 5.92 Å². The van der Waals surface area contributed by atoms with E-state index in [4.69, 9.17) is 0 Å². The third-order valence-electron chi connectivity index (χ3n) is 4.04. The summed E-state index contributed by atoms with van der Waals surface area (Å²) in [5.74, 6) is 0.272. The van der Waals surface area contributed by atoms with Gasteiger partial charge in [0.25, 0.3) is 0 Å². The fourth-order valence-electron chi connectivity index (χ4n) is 2.25. The molecule has 0 fully saturated rings. The lowest BCUT2D eigenvalue weighted by molar-refractivity contribution is 0.315. The SMILES string of the molecule is CNCc1cc(S(=O)(=O)N(C)C(C)C(C)C)cn1C(C)C. The smallest absolute Gasteiger partial charge is 0.244 e. The van der Waals surface area contributed by atoms with Crippen LogP contribution in [0.1, 0.15) is 46.4 Å². The van der Waals surface area contributed by atoms with Crippen LogP contribution in [-0.2, 0) is 16.6 Å². The Kier molecular flexibility index (Phi) is 6.01. The molecular formula is C15H29N3O2S. The normalized spacial score (nSPS) is 14.4. The van der Waals surface area contributed by atoms with Gasteiger partial charge in [-0.1, -0.05) is 13.8 Å². The van der Waals surface area contributed by atoms with Crippen molar-refractivity contribution in [1.82, 2.24) is 14.2 Å². The number of hydrogen-bond acceptors (Lipinski definition) is 3. The minimum absolute atomic E-state index is 0.0369. The van der Waals surface area contributed by atoms with Crippen molar-refractivity contribution in [2.75, 3.05) is 14.1 Å². The topological polar surface area (TPSA) is 54.3 Å². The maximum absolute atomic E-state index is 12.8. The van der Waals surface area contributed by atoms with Crippen molar-refractivity contribution in [3.63, 3.8) is 0 Å². The van der Waals surface area contributed by atoms with Crippen LogP contribution in [0.5, 0.6) is 0 Å². The molecule has 1 rings (SSSR count). The highest BCUT2D eigenvalue weighted by Crippen LogP contribution is 2.24. The molecule has 122 valence electrons. The fraction of sp³-hybridized carbons (Fsp3) is 0.733. The Labute approximate surface area is 129 Å². The molecular weight excluding hydrogens is 286 g/mol. The average Bonchev–Trinajstić information content (AvgIpc) is 2.82. The summed E-state index contributed by atoms with van der Waals surface area (Å²) in [4.78, 5) is 0.372. The van der Waals surface area contributed by atoms with E-state index < -0.39 is 10.0 Å². The lowest BCUT2D eigenvalue weighted by Crippen LogP contribution is -2.38. The Morgan fingerprint density at radius 3 is 2.24 bits per heavy atom. The van der Waals surface area contributed by atoms with Crippen molar-refractivity contribution >= 4 is 10.0 Å². The number of nitrogens with one attached hydrogen (secondary N) is 1. The van der Waals surface area contributed by atoms with E-state index in [0.717, 1.165) is 5.69 Å². The molecule has 1 aromatic rings. The maximum atomic E-state index is 12.8. The van der Waals surface area contributed by atoms with E-state index in [-0.39, 0.29) is 18.0 Å². The monoisotopic (exact) mass is 315 g/mol. The highest BCUT2D eigenvalue weighted by atomic mass is 32.2. The van der Waals surface area contributed by atoms with Crippen molar-refractivity contribution < 1.29 is 8.42 Å². The Balaban J connectivity index is 3.23. The molecule has 0 spiro atoms. The summed E-state index contributed by atoms with van der Waals surface area (Å²) in [7, 11) is 0.0651. The van der Waals surface area contributed by atoms with Gasteiger partial charge in [0.15, 0.2) is 0 Å². The molecule has 1 N–H and O–H groups in total. The molecule has 0 aromatic carbocycles. The van der Waals surface area contributed by atoms with Gasteiger partial charge in [0, 0.05) is 37.6 Å². The van der Waals surface area contributed by atoms with E-state index in [9.17, 15) is 8.42 Å². The van der Waals surface area contributed by atoms with Crippen molar-refractivity contribution in [1.29, 1.82) is 0 Å². The first-order valence-corrected chi connectivity index (χ1v) is 8.90. The van der Waals surface area contributed by atoms with Crippen LogP contribution in [0.4, 0.5) is 0 Å². The quantitative estimate of drug-likeness (QED) is 0.841. The maximum Gasteiger partial charge on any atom is 0.244 e. The van der Waals surface area contributed by atoms with Gasteiger partial charge in [-0.25, -0.2) is 8.42 Å². The van der Waals surface area contributed by atoms with Gasteiger partial charge in [0.2, 0.25) is 10.0 Å². The summed E-state index contributed by atoms with van der Waals surface area (Å²) < 4.78 is 29.0. The molecule has 0 amide bonds. The van der Waals surface area contributed by atoms with Gasteiger partial charge in [-0.15, -0.1) is 0 Å². The van der Waals surface area contributed by atoms with Gasteiger partial charge >= 0.3 is 0 Å². The number of sulfonamides is 1. The first-order valence-electron chi connectivity index (χ1n) is 7.46. The minimum Gasteiger partial charge on any atom is -0.346 e. The summed E-state index contributed by atoms with van der Waals surface area (Å²) in [5, 5.41) is 3.09. The minimum atomic E-state index is -3.45. The highest BCUT2D eigenvalue weighted by molar-refractivity contribution is 7.89. The second-order valence-electron chi connectivity index (χ2n) is 6.20. The molecule has 1 atom stereocenters. The van der Waals surface area contributed by atoms with Crippen LogP contribution < -0.4 is 5.32 Å². The van der Waals surface area contributed by atoms with Crippen LogP contribution in [0.2, 0.25) is 0 Å². The molecule has 5 nitrogen and oxygen atoms in total. The van der Waals surface area contributed by atoms with E-state index in [1.54, 1.807) is 19.3 Å². The van der Waals surface area contributed by atoms with E-state index >= 15 is 0 Å². The Morgan fingerprint density at radius 2 is 1.81 bits per heavy atom. The van der Waals surface area contributed by atoms with Crippen LogP contribution >= 0.6 is 0 Å². The molecule has 0 radical (unpaired) electrons. The van der Waals surface area contributed by atoms with Gasteiger partial charge in [-0.3, -0.25) is 0 Å². The zero-order chi connectivity index (χ0) is 16.4. The van der Waals surface area contributed by atoms with Gasteiger partial charge in [0.05, 0.1) is 0 Å². The van der Waals surface area contributed by atoms with Crippen molar-refractivity contribution in [3.05, 3.63) is 18.0 Å². The molecule has 0 aliphatic heterocycles. The molecule has 0 aliphatic carbocycles. The summed E-state index contributed by atoms with van der Waals surface area (Å²) in [6, 6.07) is 1.96. The number of rotatable bonds is 7. The predicted molar refractivity (Wildman–Crippen MR) is 86.8 cm³/mol. The third kappa shape index (κ3) is 3.87. The number of nitrogens with zero attached hydrogens (tertiary/aromatic N) is 2. The fourth-order valence-corrected chi connectivity index (χ4v) is 3.79. The van der Waals surface area contributed by atoms with Crippen LogP contribution in [0, 0.1) is 5.92 Å². The van der Waals surface area contributed by atoms with Gasteiger partial charge in [0.1, 0.15) is 4.90 Å². The summed E-state index contributed by atoms with van der Waals surface area (Å²) in [6.45, 7) is 10.8. The molecule has 1 heterocycles. The molecule has 0 saturated heterocycles. The first kappa shape index (κ1) is 18.2. The predicted octanol–water partition coefficient (Wildman–Crippen LogP) is 2.45. The standard InChI is InChI=1S/C15H29N3O2S/c1-11(2)13(5)17(7)21(19,20)15-8-14(9-16-6)18(10-15)12(3)4/h8,10-13,16H,9H2,1-7H3. The van der Waals surface area contributed by atoms with Crippen molar-refractivity contribution in [2.45, 2.75) is 58.1 Å². The second-order valence-corrected chi connectivity index (χ2v) is 8.20. The first-order chi connectivity index (χ1) is 9.62. The summed E-state index contributed by atoms with van der Waals surface area (Å²) in [6.07, 6.45) is 1.75. The molecule has 1 unspecified atom stereocenters. The van der Waals surface area contributed by atoms with Crippen LogP contribution in [0.3, 0.4) is 0 Å². The second kappa shape index (κ2) is 6.94. The molecule has 0 saturated carbocycles. The molecule has 21 heavy (non-hydrogen) atoms. The lowest BCUT2D eigenvalue weighted by Gasteiger charge is -2.26. The van der Waals surface area contributed by atoms with Crippen LogP contribution in [-0.4, -0.2) is 37.4 Å². The lowest BCUT2D eigenvalue weighted by atomic mass is 10.1. The Morgan fingerprint density at radius 1 is 1.24 bits per heavy atom. The highest BCUT2D eigenvalue weighted by Gasteiger charge is 2.28. The Bertz CT molecular complexity index is 561. The average molecular weight is 315 g/mol. The number of aromatic nitrogens is 1. The van der Waals surface area contributed by atoms with Crippen molar-refractivity contribution in [3.8, 4) is 0 Å². The Hall–Kier alpha value is -0.850. The molecule has 0 bridgehead atoms. The van der Waals surface area contributed by atoms with Gasteiger partial charge in [-0.05, 0) is 39.8 Å². The summed E-state index contributed by atoms with van der Waals surface area (Å²) >= 11 is 0. The van der Waals surface area contributed by atoms with Gasteiger partial charge < -0.3 is 9.88 Å². The zero-order valence-electron chi connectivity index (χ0n) is 14.2. The van der Waals surface area contributed by atoms with E-state index in [1.807, 2.05) is 32.4 Å². The van der Waals surface area contributed by atoms with E-state index in [1.165, 1.54) is 4.31 Å². The zero-order valence-corrected chi connectivity index (χ0v) is 15.0. The van der Waals surface area contributed by atoms with E-state index in [2.05, 4.69) is 19.2 Å². The summed E-state index contributed by atoms with van der Waals surface area (Å²) in [5.41, 5.74) is 0.983. The third-order valence-corrected chi connectivity index (χ3v) is 5.95. The number of hydrogen-bond donors (Lipinski definition) is 1. The molecule has 1 aromatic heterocycles.